The second-order valence-electron chi connectivity index (χ2n) is 8.62. The first-order chi connectivity index (χ1) is 16.8. The van der Waals surface area contributed by atoms with Gasteiger partial charge in [-0.15, -0.1) is 9.24 Å². The summed E-state index contributed by atoms with van der Waals surface area (Å²) in [4.78, 5) is 37.7. The second-order valence-corrected chi connectivity index (χ2v) is 9.24. The van der Waals surface area contributed by atoms with Crippen LogP contribution in [0.3, 0.4) is 0 Å². The largest absolute Gasteiger partial charge is 0.483 e. The van der Waals surface area contributed by atoms with Gasteiger partial charge in [-0.1, -0.05) is 13.0 Å². The van der Waals surface area contributed by atoms with Crippen LogP contribution in [-0.2, 0) is 26.9 Å². The van der Waals surface area contributed by atoms with Crippen molar-refractivity contribution >= 4 is 28.4 Å². The SMILES string of the molecule is BC(C)(F)c1cc(=O)n(-c2cc(OC(/C=C\CC)=C(/C)OCC(=O)OCC)c(C)cc2P)c(=O)n1C. The van der Waals surface area contributed by atoms with Crippen LogP contribution in [-0.4, -0.2) is 36.2 Å². The minimum absolute atomic E-state index is 0.0214. The third kappa shape index (κ3) is 6.97. The third-order valence-corrected chi connectivity index (χ3v) is 5.74. The van der Waals surface area contributed by atoms with E-state index in [1.165, 1.54) is 21.8 Å². The summed E-state index contributed by atoms with van der Waals surface area (Å²) in [7, 11) is 5.21. The Morgan fingerprint density at radius 1 is 1.22 bits per heavy atom. The van der Waals surface area contributed by atoms with Crippen molar-refractivity contribution in [3.63, 3.8) is 0 Å². The highest BCUT2D eigenvalue weighted by atomic mass is 31.0. The number of carbonyl (C=O) groups excluding carboxylic acids is 1. The summed E-state index contributed by atoms with van der Waals surface area (Å²) in [6.45, 7) is 8.40. The van der Waals surface area contributed by atoms with Crippen molar-refractivity contribution in [1.29, 1.82) is 0 Å². The molecule has 194 valence electrons. The minimum atomic E-state index is -1.87. The Morgan fingerprint density at radius 2 is 1.89 bits per heavy atom. The van der Waals surface area contributed by atoms with E-state index in [4.69, 9.17) is 14.2 Å². The topological polar surface area (TPSA) is 88.8 Å². The van der Waals surface area contributed by atoms with E-state index < -0.39 is 22.8 Å². The lowest BCUT2D eigenvalue weighted by molar-refractivity contribution is -0.147. The fraction of sp³-hybridized carbons (Fsp3) is 0.400. The number of aryl methyl sites for hydroxylation is 1. The summed E-state index contributed by atoms with van der Waals surface area (Å²) in [5.74, 6) is 0.569. The maximum atomic E-state index is 14.6. The van der Waals surface area contributed by atoms with Gasteiger partial charge in [-0.25, -0.2) is 18.5 Å². The smallest absolute Gasteiger partial charge is 0.344 e. The molecule has 0 N–H and O–H groups in total. The monoisotopic (exact) mass is 518 g/mol. The molecule has 0 radical (unpaired) electrons. The summed E-state index contributed by atoms with van der Waals surface area (Å²) in [6.07, 6.45) is 4.32. The number of halogens is 1. The molecule has 1 aromatic heterocycles. The normalized spacial score (nSPS) is 13.8. The van der Waals surface area contributed by atoms with Crippen molar-refractivity contribution < 1.29 is 23.4 Å². The molecule has 0 fully saturated rings. The van der Waals surface area contributed by atoms with Gasteiger partial charge < -0.3 is 14.2 Å². The maximum Gasteiger partial charge on any atom is 0.344 e. The molecule has 0 aliphatic rings. The molecule has 0 amide bonds. The number of esters is 1. The lowest BCUT2D eigenvalue weighted by Crippen LogP contribution is -2.42. The quantitative estimate of drug-likeness (QED) is 0.158. The molecule has 0 saturated heterocycles. The van der Waals surface area contributed by atoms with Crippen molar-refractivity contribution in [2.45, 2.75) is 46.6 Å². The summed E-state index contributed by atoms with van der Waals surface area (Å²) >= 11 is 0. The Balaban J connectivity index is 2.60. The molecule has 0 aliphatic carbocycles. The summed E-state index contributed by atoms with van der Waals surface area (Å²) in [5.41, 5.74) is -2.23. The molecule has 2 unspecified atom stereocenters. The molecule has 11 heteroatoms. The lowest BCUT2D eigenvalue weighted by Gasteiger charge is -2.21. The summed E-state index contributed by atoms with van der Waals surface area (Å²) in [5, 5.41) is 0.580. The number of carbonyl (C=O) groups is 1. The molecule has 2 aromatic rings. The van der Waals surface area contributed by atoms with Gasteiger partial charge in [0, 0.05) is 19.2 Å². The molecular formula is C25H33BFN2O6P. The van der Waals surface area contributed by atoms with E-state index in [1.807, 2.05) is 19.9 Å². The predicted molar refractivity (Wildman–Crippen MR) is 144 cm³/mol. The van der Waals surface area contributed by atoms with Crippen LogP contribution in [0.2, 0.25) is 0 Å². The third-order valence-electron chi connectivity index (χ3n) is 5.28. The number of allylic oxidation sites excluding steroid dienone is 3. The first-order valence-corrected chi connectivity index (χ1v) is 12.2. The van der Waals surface area contributed by atoms with Crippen molar-refractivity contribution in [3.8, 4) is 11.4 Å². The highest BCUT2D eigenvalue weighted by molar-refractivity contribution is 7.27. The molecule has 0 spiro atoms. The molecular weight excluding hydrogens is 485 g/mol. The zero-order valence-corrected chi connectivity index (χ0v) is 23.0. The number of nitrogens with zero attached hydrogens (tertiary/aromatic N) is 2. The van der Waals surface area contributed by atoms with Crippen LogP contribution in [0.4, 0.5) is 4.39 Å². The van der Waals surface area contributed by atoms with E-state index >= 15 is 0 Å². The van der Waals surface area contributed by atoms with Gasteiger partial charge >= 0.3 is 11.7 Å². The number of hydrogen-bond acceptors (Lipinski definition) is 6. The first kappa shape index (κ1) is 29.1. The second kappa shape index (κ2) is 12.2. The fourth-order valence-corrected chi connectivity index (χ4v) is 3.89. The van der Waals surface area contributed by atoms with Crippen molar-refractivity contribution in [1.82, 2.24) is 9.13 Å². The molecule has 1 aromatic carbocycles. The predicted octanol–water partition coefficient (Wildman–Crippen LogP) is 2.28. The van der Waals surface area contributed by atoms with E-state index in [-0.39, 0.29) is 24.6 Å². The van der Waals surface area contributed by atoms with Gasteiger partial charge in [-0.05, 0) is 57.1 Å². The highest BCUT2D eigenvalue weighted by Crippen LogP contribution is 2.25. The van der Waals surface area contributed by atoms with Crippen LogP contribution >= 0.6 is 9.24 Å². The average Bonchev–Trinajstić information content (AvgIpc) is 2.79. The van der Waals surface area contributed by atoms with Gasteiger partial charge in [0.1, 0.15) is 17.1 Å². The van der Waals surface area contributed by atoms with Crippen LogP contribution in [0.15, 0.2) is 51.5 Å². The van der Waals surface area contributed by atoms with E-state index in [9.17, 15) is 18.8 Å². The van der Waals surface area contributed by atoms with Crippen LogP contribution in [0, 0.1) is 6.92 Å². The zero-order valence-electron chi connectivity index (χ0n) is 21.8. The van der Waals surface area contributed by atoms with Gasteiger partial charge in [-0.3, -0.25) is 9.36 Å². The minimum Gasteiger partial charge on any atom is -0.483 e. The average molecular weight is 518 g/mol. The van der Waals surface area contributed by atoms with Gasteiger partial charge in [0.25, 0.3) is 5.56 Å². The maximum absolute atomic E-state index is 14.6. The number of rotatable bonds is 10. The molecule has 0 bridgehead atoms. The van der Waals surface area contributed by atoms with Gasteiger partial charge in [0.2, 0.25) is 0 Å². The number of hydrogen-bond donors (Lipinski definition) is 0. The van der Waals surface area contributed by atoms with E-state index in [0.717, 1.165) is 27.2 Å². The summed E-state index contributed by atoms with van der Waals surface area (Å²) in [6, 6.07) is 4.44. The van der Waals surface area contributed by atoms with Crippen LogP contribution in [0.1, 0.15) is 45.4 Å². The molecule has 2 atom stereocenters. The van der Waals surface area contributed by atoms with Crippen molar-refractivity contribution in [2.75, 3.05) is 13.2 Å². The molecule has 1 heterocycles. The Hall–Kier alpha value is -3.13. The molecule has 0 saturated carbocycles. The Kier molecular flexibility index (Phi) is 9.88. The number of alkyl halides is 1. The summed E-state index contributed by atoms with van der Waals surface area (Å²) < 4.78 is 33.2. The zero-order chi connectivity index (χ0) is 27.2. The van der Waals surface area contributed by atoms with E-state index in [0.29, 0.717) is 22.6 Å². The van der Waals surface area contributed by atoms with Crippen molar-refractivity contribution in [3.05, 3.63) is 74.0 Å². The molecule has 36 heavy (non-hydrogen) atoms. The molecule has 0 aliphatic heterocycles. The number of benzene rings is 1. The molecule has 8 nitrogen and oxygen atoms in total. The van der Waals surface area contributed by atoms with Crippen molar-refractivity contribution in [2.24, 2.45) is 7.05 Å². The Morgan fingerprint density at radius 3 is 2.47 bits per heavy atom. The fourth-order valence-electron chi connectivity index (χ4n) is 3.43. The number of aromatic nitrogens is 2. The van der Waals surface area contributed by atoms with Gasteiger partial charge in [-0.2, -0.15) is 0 Å². The molecule has 2 rings (SSSR count). The van der Waals surface area contributed by atoms with Gasteiger partial charge in [0.05, 0.1) is 18.0 Å². The van der Waals surface area contributed by atoms with Crippen LogP contribution in [0.25, 0.3) is 5.69 Å². The van der Waals surface area contributed by atoms with E-state index in [2.05, 4.69) is 9.24 Å². The Bertz CT molecular complexity index is 1310. The first-order valence-electron chi connectivity index (χ1n) is 11.6. The van der Waals surface area contributed by atoms with Gasteiger partial charge in [0.15, 0.2) is 20.2 Å². The van der Waals surface area contributed by atoms with E-state index in [1.54, 1.807) is 32.1 Å². The lowest BCUT2D eigenvalue weighted by atomic mass is 9.82. The number of ether oxygens (including phenoxy) is 3. The van der Waals surface area contributed by atoms with Crippen LogP contribution < -0.4 is 21.3 Å². The standard InChI is InChI=1S/C25H33BFN2O6P/c1-7-9-10-18(16(4)34-14-23(31)33-8-2)35-19-12-17(20(36)11-15(19)3)29-22(30)13-21(25(5,26)27)28(6)24(29)32/h9-13H,7-8,14,26,36H2,1-6H3/b10-9-,18-16-. The Labute approximate surface area is 213 Å². The highest BCUT2D eigenvalue weighted by Gasteiger charge is 2.25. The van der Waals surface area contributed by atoms with Crippen LogP contribution in [0.5, 0.6) is 5.75 Å².